The Morgan fingerprint density at radius 3 is 2.79 bits per heavy atom. The number of fused-ring (bicyclic) bond motifs is 2. The Morgan fingerprint density at radius 2 is 2.07 bits per heavy atom. The second-order valence-corrected chi connectivity index (χ2v) is 8.28. The zero-order valence-electron chi connectivity index (χ0n) is 17.2. The summed E-state index contributed by atoms with van der Waals surface area (Å²) in [4.78, 5) is 11.8. The fourth-order valence-electron chi connectivity index (χ4n) is 4.56. The molecule has 28 heavy (non-hydrogen) atoms. The summed E-state index contributed by atoms with van der Waals surface area (Å²) in [7, 11) is 0. The molecular formula is C22H31N5O. The lowest BCUT2D eigenvalue weighted by Gasteiger charge is -2.26. The zero-order valence-corrected chi connectivity index (χ0v) is 17.2. The minimum Gasteiger partial charge on any atom is -0.356 e. The normalized spacial score (nSPS) is 18.3. The Morgan fingerprint density at radius 1 is 1.29 bits per heavy atom. The van der Waals surface area contributed by atoms with Crippen LogP contribution in [0.4, 0.5) is 5.69 Å². The van der Waals surface area contributed by atoms with Crippen LogP contribution in [0.3, 0.4) is 0 Å². The SMILES string of the molecule is CCNC(=NCCc1nc(C(C)C)no1)N1CC2(CCCC2)c2ccccc21. The maximum Gasteiger partial charge on any atom is 0.228 e. The number of guanidine groups is 1. The van der Waals surface area contributed by atoms with Gasteiger partial charge < -0.3 is 14.7 Å². The van der Waals surface area contributed by atoms with Crippen LogP contribution in [0.5, 0.6) is 0 Å². The highest BCUT2D eigenvalue weighted by Gasteiger charge is 2.45. The lowest BCUT2D eigenvalue weighted by atomic mass is 9.81. The predicted octanol–water partition coefficient (Wildman–Crippen LogP) is 4.03. The monoisotopic (exact) mass is 381 g/mol. The molecule has 6 heteroatoms. The molecule has 150 valence electrons. The molecular weight excluding hydrogens is 350 g/mol. The first-order valence-electron chi connectivity index (χ1n) is 10.6. The Balaban J connectivity index is 1.53. The van der Waals surface area contributed by atoms with Crippen molar-refractivity contribution in [3.05, 3.63) is 41.5 Å². The number of hydrogen-bond acceptors (Lipinski definition) is 4. The summed E-state index contributed by atoms with van der Waals surface area (Å²) in [6.07, 6.45) is 5.87. The maximum absolute atomic E-state index is 5.36. The van der Waals surface area contributed by atoms with E-state index in [9.17, 15) is 0 Å². The van der Waals surface area contributed by atoms with E-state index in [1.807, 2.05) is 0 Å². The molecule has 1 N–H and O–H groups in total. The highest BCUT2D eigenvalue weighted by molar-refractivity contribution is 5.98. The highest BCUT2D eigenvalue weighted by atomic mass is 16.5. The number of rotatable bonds is 5. The molecule has 0 saturated heterocycles. The fourth-order valence-corrected chi connectivity index (χ4v) is 4.56. The number of aromatic nitrogens is 2. The third-order valence-electron chi connectivity index (χ3n) is 5.97. The van der Waals surface area contributed by atoms with Crippen LogP contribution in [0, 0.1) is 0 Å². The summed E-state index contributed by atoms with van der Waals surface area (Å²) < 4.78 is 5.36. The average molecular weight is 382 g/mol. The van der Waals surface area contributed by atoms with Gasteiger partial charge in [0.05, 0.1) is 6.54 Å². The molecule has 1 saturated carbocycles. The summed E-state index contributed by atoms with van der Waals surface area (Å²) in [5, 5.41) is 7.54. The standard InChI is InChI=1S/C22H31N5O/c1-4-23-21(24-14-11-19-25-20(16(2)3)26-28-19)27-15-22(12-7-8-13-22)17-9-5-6-10-18(17)27/h5-6,9-10,16H,4,7-8,11-15H2,1-3H3,(H,23,24). The summed E-state index contributed by atoms with van der Waals surface area (Å²) in [5.74, 6) is 2.67. The molecule has 2 aliphatic rings. The summed E-state index contributed by atoms with van der Waals surface area (Å²) in [6, 6.07) is 8.86. The molecule has 1 spiro atoms. The number of aliphatic imine (C=N–C) groups is 1. The molecule has 1 aromatic heterocycles. The van der Waals surface area contributed by atoms with Gasteiger partial charge in [-0.2, -0.15) is 4.98 Å². The van der Waals surface area contributed by atoms with E-state index in [0.717, 1.165) is 24.9 Å². The third kappa shape index (κ3) is 3.52. The Hall–Kier alpha value is -2.37. The van der Waals surface area contributed by atoms with Crippen molar-refractivity contribution in [3.63, 3.8) is 0 Å². The first-order chi connectivity index (χ1) is 13.6. The fraction of sp³-hybridized carbons (Fsp3) is 0.591. The molecule has 1 aromatic carbocycles. The molecule has 0 bridgehead atoms. The van der Waals surface area contributed by atoms with Crippen LogP contribution in [0.15, 0.2) is 33.8 Å². The Labute approximate surface area is 167 Å². The van der Waals surface area contributed by atoms with Crippen molar-refractivity contribution >= 4 is 11.6 Å². The van der Waals surface area contributed by atoms with Crippen LogP contribution in [-0.2, 0) is 11.8 Å². The van der Waals surface area contributed by atoms with Crippen LogP contribution in [0.25, 0.3) is 0 Å². The van der Waals surface area contributed by atoms with Gasteiger partial charge in [0.15, 0.2) is 11.8 Å². The number of anilines is 1. The second-order valence-electron chi connectivity index (χ2n) is 8.28. The van der Waals surface area contributed by atoms with Crippen molar-refractivity contribution in [1.82, 2.24) is 15.5 Å². The molecule has 0 amide bonds. The summed E-state index contributed by atoms with van der Waals surface area (Å²) in [6.45, 7) is 8.77. The van der Waals surface area contributed by atoms with Crippen molar-refractivity contribution in [3.8, 4) is 0 Å². The zero-order chi connectivity index (χ0) is 19.6. The average Bonchev–Trinajstić information content (AvgIpc) is 3.42. The van der Waals surface area contributed by atoms with Crippen molar-refractivity contribution in [1.29, 1.82) is 0 Å². The molecule has 1 aliphatic heterocycles. The number of benzene rings is 1. The van der Waals surface area contributed by atoms with Crippen molar-refractivity contribution in [2.45, 2.75) is 64.2 Å². The Bertz CT molecular complexity index is 835. The van der Waals surface area contributed by atoms with Gasteiger partial charge in [0, 0.05) is 36.5 Å². The predicted molar refractivity (Wildman–Crippen MR) is 112 cm³/mol. The van der Waals surface area contributed by atoms with Crippen LogP contribution < -0.4 is 10.2 Å². The molecule has 4 rings (SSSR count). The number of para-hydroxylation sites is 1. The number of nitrogens with zero attached hydrogens (tertiary/aromatic N) is 4. The van der Waals surface area contributed by atoms with Gasteiger partial charge >= 0.3 is 0 Å². The van der Waals surface area contributed by atoms with Crippen LogP contribution in [0.2, 0.25) is 0 Å². The molecule has 2 aromatic rings. The smallest absolute Gasteiger partial charge is 0.228 e. The minimum absolute atomic E-state index is 0.280. The van der Waals surface area contributed by atoms with Crippen LogP contribution >= 0.6 is 0 Å². The van der Waals surface area contributed by atoms with Crippen molar-refractivity contribution < 1.29 is 4.52 Å². The number of hydrogen-bond donors (Lipinski definition) is 1. The van der Waals surface area contributed by atoms with Gasteiger partial charge in [0.2, 0.25) is 5.89 Å². The third-order valence-corrected chi connectivity index (χ3v) is 5.97. The molecule has 0 unspecified atom stereocenters. The largest absolute Gasteiger partial charge is 0.356 e. The topological polar surface area (TPSA) is 66.5 Å². The molecule has 1 aliphatic carbocycles. The van der Waals surface area contributed by atoms with E-state index in [0.29, 0.717) is 24.3 Å². The van der Waals surface area contributed by atoms with Gasteiger partial charge in [-0.1, -0.05) is 50.0 Å². The highest BCUT2D eigenvalue weighted by Crippen LogP contribution is 2.50. The number of nitrogens with one attached hydrogen (secondary N) is 1. The molecule has 0 radical (unpaired) electrons. The van der Waals surface area contributed by atoms with Gasteiger partial charge in [0.25, 0.3) is 0 Å². The first-order valence-corrected chi connectivity index (χ1v) is 10.6. The summed E-state index contributed by atoms with van der Waals surface area (Å²) in [5.41, 5.74) is 3.10. The van der Waals surface area contributed by atoms with E-state index in [-0.39, 0.29) is 5.92 Å². The lowest BCUT2D eigenvalue weighted by molar-refractivity contribution is 0.372. The summed E-state index contributed by atoms with van der Waals surface area (Å²) >= 11 is 0. The van der Waals surface area contributed by atoms with Crippen molar-refractivity contribution in [2.75, 3.05) is 24.5 Å². The van der Waals surface area contributed by atoms with Gasteiger partial charge in [-0.15, -0.1) is 0 Å². The molecule has 1 fully saturated rings. The second kappa shape index (κ2) is 7.94. The Kier molecular flexibility index (Phi) is 5.38. The quantitative estimate of drug-likeness (QED) is 0.626. The minimum atomic E-state index is 0.280. The van der Waals surface area contributed by atoms with E-state index >= 15 is 0 Å². The first kappa shape index (κ1) is 19.0. The van der Waals surface area contributed by atoms with Gasteiger partial charge in [-0.25, -0.2) is 0 Å². The van der Waals surface area contributed by atoms with E-state index in [1.54, 1.807) is 0 Å². The van der Waals surface area contributed by atoms with Gasteiger partial charge in [0.1, 0.15) is 0 Å². The maximum atomic E-state index is 5.36. The van der Waals surface area contributed by atoms with E-state index in [1.165, 1.54) is 36.9 Å². The molecule has 6 nitrogen and oxygen atoms in total. The van der Waals surface area contributed by atoms with Crippen LogP contribution in [-0.4, -0.2) is 35.7 Å². The molecule has 0 atom stereocenters. The van der Waals surface area contributed by atoms with Crippen LogP contribution in [0.1, 0.15) is 69.7 Å². The van der Waals surface area contributed by atoms with E-state index < -0.39 is 0 Å². The molecule has 2 heterocycles. The van der Waals surface area contributed by atoms with Gasteiger partial charge in [-0.3, -0.25) is 4.99 Å². The van der Waals surface area contributed by atoms with Gasteiger partial charge in [-0.05, 0) is 31.4 Å². The lowest BCUT2D eigenvalue weighted by Crippen LogP contribution is -2.43. The van der Waals surface area contributed by atoms with E-state index in [4.69, 9.17) is 9.52 Å². The van der Waals surface area contributed by atoms with E-state index in [2.05, 4.69) is 65.4 Å². The van der Waals surface area contributed by atoms with Crippen molar-refractivity contribution in [2.24, 2.45) is 4.99 Å².